The van der Waals surface area contributed by atoms with E-state index in [0.29, 0.717) is 11.8 Å². The smallest absolute Gasteiger partial charge is 0.0399 e. The van der Waals surface area contributed by atoms with Crippen LogP contribution < -0.4 is 21.3 Å². The number of hydrogen-bond donors (Lipinski definition) is 3. The molecule has 0 spiro atoms. The molecule has 0 amide bonds. The van der Waals surface area contributed by atoms with Crippen molar-refractivity contribution in [1.82, 2.24) is 10.6 Å². The summed E-state index contributed by atoms with van der Waals surface area (Å²) in [7, 11) is 0. The number of alkyl halides is 2. The van der Waals surface area contributed by atoms with Crippen LogP contribution in [0.4, 0.5) is 5.69 Å². The van der Waals surface area contributed by atoms with Crippen molar-refractivity contribution in [3.8, 4) is 0 Å². The first kappa shape index (κ1) is 21.5. The molecule has 1 aromatic rings. The molecule has 0 aliphatic carbocycles. The maximum atomic E-state index is 5.85. The highest BCUT2D eigenvalue weighted by atomic mass is 35.5. The van der Waals surface area contributed by atoms with Crippen LogP contribution in [0.2, 0.25) is 0 Å². The number of nitrogens with zero attached hydrogens (tertiary/aromatic N) is 1. The first-order valence-corrected chi connectivity index (χ1v) is 9.96. The van der Waals surface area contributed by atoms with Gasteiger partial charge < -0.3 is 21.3 Å². The largest absolute Gasteiger partial charge is 0.369 e. The van der Waals surface area contributed by atoms with E-state index in [1.807, 2.05) is 0 Å². The molecule has 0 atom stereocenters. The number of benzene rings is 1. The molecule has 6 heteroatoms. The minimum Gasteiger partial charge on any atom is -0.369 e. The Morgan fingerprint density at radius 1 is 0.833 bits per heavy atom. The SMILES string of the molecule is NCCCCNCCCNCc1ccc(N(CCCl)CCCl)cc1. The molecule has 0 fully saturated rings. The van der Waals surface area contributed by atoms with Crippen LogP contribution in [0.15, 0.2) is 24.3 Å². The summed E-state index contributed by atoms with van der Waals surface area (Å²) in [4.78, 5) is 2.22. The van der Waals surface area contributed by atoms with Crippen LogP contribution in [0.5, 0.6) is 0 Å². The van der Waals surface area contributed by atoms with Crippen LogP contribution in [0.25, 0.3) is 0 Å². The molecule has 1 rings (SSSR count). The van der Waals surface area contributed by atoms with Gasteiger partial charge in [0, 0.05) is 37.1 Å². The standard InChI is InChI=1S/C18H32Cl2N4/c19-8-14-24(15-9-20)18-6-4-17(5-7-18)16-23-13-3-12-22-11-2-1-10-21/h4-7,22-23H,1-3,8-16,21H2. The van der Waals surface area contributed by atoms with Gasteiger partial charge in [0.15, 0.2) is 0 Å². The minimum atomic E-state index is 0.612. The Morgan fingerprint density at radius 3 is 2.08 bits per heavy atom. The number of halogens is 2. The monoisotopic (exact) mass is 374 g/mol. The second-order valence-corrected chi connectivity index (χ2v) is 6.56. The third kappa shape index (κ3) is 9.70. The number of rotatable bonds is 15. The number of hydrogen-bond acceptors (Lipinski definition) is 4. The van der Waals surface area contributed by atoms with Crippen LogP contribution in [0, 0.1) is 0 Å². The van der Waals surface area contributed by atoms with E-state index in [2.05, 4.69) is 39.8 Å². The highest BCUT2D eigenvalue weighted by Gasteiger charge is 2.05. The van der Waals surface area contributed by atoms with E-state index in [9.17, 15) is 0 Å². The highest BCUT2D eigenvalue weighted by molar-refractivity contribution is 6.18. The fourth-order valence-corrected chi connectivity index (χ4v) is 2.90. The molecule has 0 saturated carbocycles. The topological polar surface area (TPSA) is 53.3 Å². The molecule has 0 bridgehead atoms. The number of anilines is 1. The molecule has 0 unspecified atom stereocenters. The summed E-state index contributed by atoms with van der Waals surface area (Å²) in [5.74, 6) is 1.22. The van der Waals surface area contributed by atoms with Gasteiger partial charge in [-0.25, -0.2) is 0 Å². The van der Waals surface area contributed by atoms with Crippen molar-refractivity contribution in [1.29, 1.82) is 0 Å². The first-order chi connectivity index (χ1) is 11.8. The van der Waals surface area contributed by atoms with Crippen LogP contribution in [0.3, 0.4) is 0 Å². The van der Waals surface area contributed by atoms with E-state index in [4.69, 9.17) is 28.9 Å². The Balaban J connectivity index is 2.17. The van der Waals surface area contributed by atoms with Crippen molar-refractivity contribution in [2.24, 2.45) is 5.73 Å². The zero-order valence-electron chi connectivity index (χ0n) is 14.6. The van der Waals surface area contributed by atoms with E-state index in [1.54, 1.807) is 0 Å². The lowest BCUT2D eigenvalue weighted by Gasteiger charge is -2.23. The van der Waals surface area contributed by atoms with Crippen LogP contribution in [-0.2, 0) is 6.54 Å². The predicted octanol–water partition coefficient (Wildman–Crippen LogP) is 2.78. The summed E-state index contributed by atoms with van der Waals surface area (Å²) >= 11 is 11.7. The summed E-state index contributed by atoms with van der Waals surface area (Å²) < 4.78 is 0. The van der Waals surface area contributed by atoms with Crippen molar-refractivity contribution in [2.45, 2.75) is 25.8 Å². The molecule has 0 aromatic heterocycles. The van der Waals surface area contributed by atoms with E-state index in [1.165, 1.54) is 17.7 Å². The fraction of sp³-hybridized carbons (Fsp3) is 0.667. The highest BCUT2D eigenvalue weighted by Crippen LogP contribution is 2.15. The third-order valence-corrected chi connectivity index (χ3v) is 4.19. The third-order valence-electron chi connectivity index (χ3n) is 3.85. The van der Waals surface area contributed by atoms with Gasteiger partial charge in [-0.05, 0) is 63.1 Å². The van der Waals surface area contributed by atoms with Gasteiger partial charge in [0.2, 0.25) is 0 Å². The molecular weight excluding hydrogens is 343 g/mol. The number of unbranched alkanes of at least 4 members (excludes halogenated alkanes) is 1. The zero-order valence-corrected chi connectivity index (χ0v) is 16.1. The Morgan fingerprint density at radius 2 is 1.46 bits per heavy atom. The van der Waals surface area contributed by atoms with Gasteiger partial charge in [-0.2, -0.15) is 0 Å². The summed E-state index contributed by atoms with van der Waals surface area (Å²) in [5.41, 5.74) is 7.95. The average molecular weight is 375 g/mol. The Kier molecular flexibility index (Phi) is 13.3. The van der Waals surface area contributed by atoms with Crippen molar-refractivity contribution in [3.05, 3.63) is 29.8 Å². The van der Waals surface area contributed by atoms with Crippen molar-refractivity contribution in [2.75, 3.05) is 55.9 Å². The van der Waals surface area contributed by atoms with Crippen molar-refractivity contribution < 1.29 is 0 Å². The molecule has 0 heterocycles. The summed E-state index contributed by atoms with van der Waals surface area (Å²) in [6.45, 7) is 6.49. The molecule has 0 aliphatic heterocycles. The molecular formula is C18H32Cl2N4. The molecule has 24 heavy (non-hydrogen) atoms. The van der Waals surface area contributed by atoms with Crippen LogP contribution >= 0.6 is 23.2 Å². The van der Waals surface area contributed by atoms with Gasteiger partial charge in [-0.15, -0.1) is 23.2 Å². The van der Waals surface area contributed by atoms with Crippen molar-refractivity contribution >= 4 is 28.9 Å². The maximum Gasteiger partial charge on any atom is 0.0399 e. The quantitative estimate of drug-likeness (QED) is 0.326. The van der Waals surface area contributed by atoms with Crippen LogP contribution in [-0.4, -0.2) is 51.0 Å². The number of nitrogens with two attached hydrogens (primary N) is 1. The summed E-state index contributed by atoms with van der Waals surface area (Å²) in [5, 5.41) is 6.93. The van der Waals surface area contributed by atoms with E-state index in [-0.39, 0.29) is 0 Å². The number of nitrogens with one attached hydrogen (secondary N) is 2. The second kappa shape index (κ2) is 14.8. The second-order valence-electron chi connectivity index (χ2n) is 5.81. The van der Waals surface area contributed by atoms with Gasteiger partial charge in [0.1, 0.15) is 0 Å². The van der Waals surface area contributed by atoms with Crippen molar-refractivity contribution in [3.63, 3.8) is 0 Å². The van der Waals surface area contributed by atoms with Gasteiger partial charge in [0.05, 0.1) is 0 Å². The molecule has 0 aliphatic rings. The lowest BCUT2D eigenvalue weighted by atomic mass is 10.2. The Labute approximate surface area is 157 Å². The van der Waals surface area contributed by atoms with Crippen LogP contribution in [0.1, 0.15) is 24.8 Å². The summed E-state index contributed by atoms with van der Waals surface area (Å²) in [6.07, 6.45) is 3.41. The first-order valence-electron chi connectivity index (χ1n) is 8.89. The average Bonchev–Trinajstić information content (AvgIpc) is 2.61. The molecule has 4 N–H and O–H groups in total. The van der Waals surface area contributed by atoms with Gasteiger partial charge in [-0.3, -0.25) is 0 Å². The predicted molar refractivity (Wildman–Crippen MR) is 108 cm³/mol. The molecule has 4 nitrogen and oxygen atoms in total. The Hall–Kier alpha value is -0.520. The lowest BCUT2D eigenvalue weighted by molar-refractivity contribution is 0.576. The zero-order chi connectivity index (χ0) is 17.5. The molecule has 1 aromatic carbocycles. The van der Waals surface area contributed by atoms with Gasteiger partial charge in [-0.1, -0.05) is 12.1 Å². The normalized spacial score (nSPS) is 11.0. The minimum absolute atomic E-state index is 0.612. The fourth-order valence-electron chi connectivity index (χ4n) is 2.49. The summed E-state index contributed by atoms with van der Waals surface area (Å²) in [6, 6.07) is 8.63. The maximum absolute atomic E-state index is 5.85. The van der Waals surface area contributed by atoms with Gasteiger partial charge in [0.25, 0.3) is 0 Å². The van der Waals surface area contributed by atoms with Gasteiger partial charge >= 0.3 is 0 Å². The van der Waals surface area contributed by atoms with E-state index in [0.717, 1.165) is 58.7 Å². The molecule has 0 saturated heterocycles. The molecule has 0 radical (unpaired) electrons. The van der Waals surface area contributed by atoms with E-state index < -0.39 is 0 Å². The molecule has 138 valence electrons. The van der Waals surface area contributed by atoms with E-state index >= 15 is 0 Å². The lowest BCUT2D eigenvalue weighted by Crippen LogP contribution is -2.27. The Bertz CT molecular complexity index is 395.